The third-order valence-corrected chi connectivity index (χ3v) is 0. The van der Waals surface area contributed by atoms with Gasteiger partial charge in [0.05, 0.1) is 0 Å². The van der Waals surface area contributed by atoms with E-state index in [1.54, 1.807) is 0 Å². The van der Waals surface area contributed by atoms with Gasteiger partial charge in [-0.2, -0.15) is 0 Å². The molecular formula is Br5Ir. The summed E-state index contributed by atoms with van der Waals surface area (Å²) in [5.41, 5.74) is 0. The normalized spacial score (nSPS) is 19.2. The molecule has 0 unspecified atom stereocenters. The van der Waals surface area contributed by atoms with Crippen LogP contribution in [0.4, 0.5) is 0 Å². The first-order chi connectivity index (χ1) is 2.24. The van der Waals surface area contributed by atoms with Crippen molar-refractivity contribution in [1.82, 2.24) is 0 Å². The summed E-state index contributed by atoms with van der Waals surface area (Å²) in [5.74, 6) is 0. The van der Waals surface area contributed by atoms with Gasteiger partial charge < -0.3 is 0 Å². The van der Waals surface area contributed by atoms with E-state index in [4.69, 9.17) is 0 Å². The molecule has 44 valence electrons. The van der Waals surface area contributed by atoms with Crippen molar-refractivity contribution in [2.75, 3.05) is 0 Å². The molecule has 0 N–H and O–H groups in total. The maximum atomic E-state index is 3.34. The molecule has 0 heterocycles. The summed E-state index contributed by atoms with van der Waals surface area (Å²) in [6.07, 6.45) is 0. The summed E-state index contributed by atoms with van der Waals surface area (Å²) in [7, 11) is 0. The molecule has 6 heavy (non-hydrogen) atoms. The molecule has 0 amide bonds. The second-order valence-corrected chi connectivity index (χ2v) is 105. The molecule has 0 aromatic heterocycles. The summed E-state index contributed by atoms with van der Waals surface area (Å²) < 4.78 is -2.54. The fraction of sp³-hybridized carbons (Fsp3) is 0. The van der Waals surface area contributed by atoms with Crippen LogP contribution in [0.5, 0.6) is 0 Å². The monoisotopic (exact) mass is 588 g/mol. The average molecular weight is 592 g/mol. The Morgan fingerprint density at radius 2 is 0.667 bits per heavy atom. The van der Waals surface area contributed by atoms with Crippen molar-refractivity contribution in [3.63, 3.8) is 0 Å². The van der Waals surface area contributed by atoms with Crippen molar-refractivity contribution >= 4 is 67.5 Å². The summed E-state index contributed by atoms with van der Waals surface area (Å²) in [4.78, 5) is 0. The van der Waals surface area contributed by atoms with Gasteiger partial charge in [-0.05, 0) is 0 Å². The molecule has 0 atom stereocenters. The van der Waals surface area contributed by atoms with E-state index in [9.17, 15) is 0 Å². The van der Waals surface area contributed by atoms with Crippen molar-refractivity contribution < 1.29 is 4.09 Å². The Balaban J connectivity index is 3.73. The zero-order chi connectivity index (χ0) is 5.45. The van der Waals surface area contributed by atoms with Gasteiger partial charge in [0.2, 0.25) is 0 Å². The van der Waals surface area contributed by atoms with Crippen LogP contribution in [0.1, 0.15) is 0 Å². The molecule has 0 saturated carbocycles. The number of hydrogen-bond donors (Lipinski definition) is 0. The number of rotatable bonds is 0. The zero-order valence-electron chi connectivity index (χ0n) is 2.22. The van der Waals surface area contributed by atoms with Crippen LogP contribution in [0.15, 0.2) is 0 Å². The fourth-order valence-corrected chi connectivity index (χ4v) is 0. The molecule has 0 bridgehead atoms. The van der Waals surface area contributed by atoms with Gasteiger partial charge in [-0.25, -0.2) is 0 Å². The second kappa shape index (κ2) is 2.35. The molecule has 6 heteroatoms. The van der Waals surface area contributed by atoms with Gasteiger partial charge in [0.25, 0.3) is 0 Å². The minimum atomic E-state index is -2.54. The topological polar surface area (TPSA) is 0 Å². The van der Waals surface area contributed by atoms with Crippen LogP contribution >= 0.6 is 67.5 Å². The van der Waals surface area contributed by atoms with Crippen LogP contribution < -0.4 is 0 Å². The number of hydrogen-bond acceptors (Lipinski definition) is 0. The molecule has 0 fully saturated rings. The first-order valence-corrected chi connectivity index (χ1v) is 26.8. The molecule has 0 rings (SSSR count). The van der Waals surface area contributed by atoms with E-state index < -0.39 is 4.09 Å². The van der Waals surface area contributed by atoms with E-state index in [-0.39, 0.29) is 0 Å². The van der Waals surface area contributed by atoms with Gasteiger partial charge >= 0.3 is 71.6 Å². The Morgan fingerprint density at radius 3 is 0.667 bits per heavy atom. The van der Waals surface area contributed by atoms with Gasteiger partial charge in [-0.15, -0.1) is 0 Å². The Hall–Kier alpha value is 3.05. The molecule has 0 aliphatic carbocycles. The van der Waals surface area contributed by atoms with E-state index in [0.717, 1.165) is 0 Å². The van der Waals surface area contributed by atoms with Crippen LogP contribution in [-0.4, -0.2) is 0 Å². The molecule has 0 nitrogen and oxygen atoms in total. The van der Waals surface area contributed by atoms with Crippen molar-refractivity contribution in [3.8, 4) is 0 Å². The van der Waals surface area contributed by atoms with E-state index >= 15 is 0 Å². The Labute approximate surface area is 70.0 Å². The molecule has 0 aromatic rings. The zero-order valence-corrected chi connectivity index (χ0v) is 12.5. The minimum absolute atomic E-state index is 2.54. The average Bonchev–Trinajstić information content (AvgIpc) is 0.650. The third-order valence-electron chi connectivity index (χ3n) is 0. The SMILES string of the molecule is [Br][Ir]([Br])([Br])([Br])[Br]. The van der Waals surface area contributed by atoms with Crippen molar-refractivity contribution in [2.24, 2.45) is 0 Å². The van der Waals surface area contributed by atoms with Crippen molar-refractivity contribution in [1.29, 1.82) is 0 Å². The van der Waals surface area contributed by atoms with Crippen molar-refractivity contribution in [2.45, 2.75) is 0 Å². The summed E-state index contributed by atoms with van der Waals surface area (Å²) in [6.45, 7) is 0. The predicted molar refractivity (Wildman–Crippen MR) is 44.6 cm³/mol. The molecule has 0 saturated heterocycles. The number of halogens is 5. The van der Waals surface area contributed by atoms with Gasteiger partial charge in [-0.1, -0.05) is 0 Å². The standard InChI is InChI=1S/5BrH.Ir/h5*1H;/q;;;;;+5/p-5. The predicted octanol–water partition coefficient (Wildman–Crippen LogP) is 4.23. The Bertz CT molecular complexity index is 37.1. The van der Waals surface area contributed by atoms with E-state index in [0.29, 0.717) is 0 Å². The first kappa shape index (κ1) is 9.05. The fourth-order valence-electron chi connectivity index (χ4n) is 0. The Morgan fingerprint density at radius 1 is 0.667 bits per heavy atom. The summed E-state index contributed by atoms with van der Waals surface area (Å²) in [6, 6.07) is 0. The third kappa shape index (κ3) is 27.7. The van der Waals surface area contributed by atoms with Gasteiger partial charge in [0, 0.05) is 0 Å². The molecule has 0 aromatic carbocycles. The first-order valence-electron chi connectivity index (χ1n) is 0.630. The van der Waals surface area contributed by atoms with E-state index in [2.05, 4.69) is 67.5 Å². The quantitative estimate of drug-likeness (QED) is 0.396. The summed E-state index contributed by atoms with van der Waals surface area (Å²) in [5, 5.41) is 0. The van der Waals surface area contributed by atoms with E-state index in [1.807, 2.05) is 0 Å². The molecule has 0 radical (unpaired) electrons. The van der Waals surface area contributed by atoms with Crippen LogP contribution in [-0.2, 0) is 4.09 Å². The van der Waals surface area contributed by atoms with E-state index in [1.165, 1.54) is 0 Å². The molecular weight excluding hydrogens is 592 g/mol. The maximum absolute atomic E-state index is 3.34. The molecule has 0 spiro atoms. The van der Waals surface area contributed by atoms with Crippen molar-refractivity contribution in [3.05, 3.63) is 0 Å². The molecule has 0 aliphatic heterocycles. The van der Waals surface area contributed by atoms with Gasteiger partial charge in [-0.3, -0.25) is 0 Å². The second-order valence-electron chi connectivity index (χ2n) is 0.476. The van der Waals surface area contributed by atoms with Gasteiger partial charge in [0.1, 0.15) is 0 Å². The van der Waals surface area contributed by atoms with Gasteiger partial charge in [0.15, 0.2) is 0 Å². The Kier molecular flexibility index (Phi) is 3.54. The van der Waals surface area contributed by atoms with Crippen LogP contribution in [0.25, 0.3) is 0 Å². The van der Waals surface area contributed by atoms with Crippen LogP contribution in [0.2, 0.25) is 0 Å². The van der Waals surface area contributed by atoms with Crippen LogP contribution in [0.3, 0.4) is 0 Å². The van der Waals surface area contributed by atoms with Crippen LogP contribution in [0, 0.1) is 0 Å². The molecule has 0 aliphatic rings. The summed E-state index contributed by atoms with van der Waals surface area (Å²) >= 11 is 16.7.